The second-order valence-electron chi connectivity index (χ2n) is 18.8. The van der Waals surface area contributed by atoms with Crippen LogP contribution in [0.5, 0.6) is 0 Å². The van der Waals surface area contributed by atoms with Crippen LogP contribution in [0.15, 0.2) is 97.2 Å². The Bertz CT molecular complexity index is 1470. The number of likely N-dealkylation sites (N-methyl/N-ethyl adjacent to an activating group) is 1. The molecule has 0 aromatic heterocycles. The van der Waals surface area contributed by atoms with Crippen molar-refractivity contribution in [2.45, 2.75) is 213 Å². The van der Waals surface area contributed by atoms with Crippen LogP contribution in [0.2, 0.25) is 0 Å². The molecule has 2 atom stereocenters. The third-order valence-corrected chi connectivity index (χ3v) is 12.1. The van der Waals surface area contributed by atoms with E-state index in [1.54, 1.807) is 0 Å². The lowest BCUT2D eigenvalue weighted by Crippen LogP contribution is -2.37. The summed E-state index contributed by atoms with van der Waals surface area (Å²) in [7, 11) is 1.45. The highest BCUT2D eigenvalue weighted by atomic mass is 31.2. The standard InChI is InChI=1S/C58H100NO8P/c1-6-8-10-12-14-16-18-20-21-22-23-24-25-26-27-28-29-30-31-32-33-34-35-36-37-39-41-43-45-47-49-51-58(61)67-56(55-66-68(62,63)65-53-52-59(3,4)5)54-64-57(60)50-48-46-44-42-40-38-19-17-15-13-11-9-7-2/h8-11,14-17,20-21,23-24,26-27,38,40,56H,6-7,12-13,18-19,22,25,28-37,39,41-55H2,1-5H3/p+1/b10-8-,11-9-,16-14-,17-15-,21-20-,24-23-,27-26-,40-38-. The molecular formula is C58H101NO8P+. The van der Waals surface area contributed by atoms with Gasteiger partial charge in [-0.25, -0.2) is 4.57 Å². The van der Waals surface area contributed by atoms with E-state index >= 15 is 0 Å². The van der Waals surface area contributed by atoms with E-state index in [1.165, 1.54) is 77.0 Å². The van der Waals surface area contributed by atoms with Crippen molar-refractivity contribution in [2.75, 3.05) is 47.5 Å². The summed E-state index contributed by atoms with van der Waals surface area (Å²) >= 11 is 0. The number of ether oxygens (including phenoxy) is 2. The fraction of sp³-hybridized carbons (Fsp3) is 0.690. The number of hydrogen-bond donors (Lipinski definition) is 1. The van der Waals surface area contributed by atoms with Gasteiger partial charge in [-0.05, 0) is 89.9 Å². The van der Waals surface area contributed by atoms with Crippen molar-refractivity contribution in [1.29, 1.82) is 0 Å². The van der Waals surface area contributed by atoms with Crippen molar-refractivity contribution in [3.8, 4) is 0 Å². The van der Waals surface area contributed by atoms with Crippen molar-refractivity contribution in [2.24, 2.45) is 0 Å². The number of quaternary nitrogens is 1. The van der Waals surface area contributed by atoms with E-state index in [1.807, 2.05) is 21.1 Å². The molecule has 0 aromatic carbocycles. The average molecular weight is 971 g/mol. The van der Waals surface area contributed by atoms with Crippen LogP contribution in [0.1, 0.15) is 206 Å². The van der Waals surface area contributed by atoms with E-state index in [9.17, 15) is 19.0 Å². The van der Waals surface area contributed by atoms with Gasteiger partial charge in [-0.1, -0.05) is 201 Å². The molecule has 0 fully saturated rings. The molecule has 0 rings (SSSR count). The molecule has 2 unspecified atom stereocenters. The molecule has 0 aliphatic heterocycles. The highest BCUT2D eigenvalue weighted by Gasteiger charge is 2.27. The van der Waals surface area contributed by atoms with Gasteiger partial charge >= 0.3 is 19.8 Å². The molecule has 0 aliphatic rings. The summed E-state index contributed by atoms with van der Waals surface area (Å²) in [5.41, 5.74) is 0. The first-order valence-corrected chi connectivity index (χ1v) is 28.5. The number of esters is 2. The molecule has 0 aromatic rings. The van der Waals surface area contributed by atoms with Crippen LogP contribution in [0.4, 0.5) is 0 Å². The number of allylic oxidation sites excluding steroid dienone is 16. The summed E-state index contributed by atoms with van der Waals surface area (Å²) in [5.74, 6) is -0.836. The Labute approximate surface area is 417 Å². The second kappa shape index (κ2) is 48.9. The molecule has 10 heteroatoms. The predicted octanol–water partition coefficient (Wildman–Crippen LogP) is 16.5. The van der Waals surface area contributed by atoms with Crippen molar-refractivity contribution < 1.29 is 42.1 Å². The normalized spacial score (nSPS) is 14.1. The smallest absolute Gasteiger partial charge is 0.462 e. The maximum absolute atomic E-state index is 12.8. The first kappa shape index (κ1) is 64.9. The van der Waals surface area contributed by atoms with Crippen molar-refractivity contribution in [1.82, 2.24) is 0 Å². The average Bonchev–Trinajstić information content (AvgIpc) is 3.30. The number of hydrogen-bond acceptors (Lipinski definition) is 7. The highest BCUT2D eigenvalue weighted by Crippen LogP contribution is 2.43. The van der Waals surface area contributed by atoms with Gasteiger partial charge in [0, 0.05) is 12.8 Å². The summed E-state index contributed by atoms with van der Waals surface area (Å²) < 4.78 is 34.4. The van der Waals surface area contributed by atoms with Gasteiger partial charge in [-0.2, -0.15) is 0 Å². The molecule has 390 valence electrons. The van der Waals surface area contributed by atoms with Crippen molar-refractivity contribution in [3.05, 3.63) is 97.2 Å². The molecule has 68 heavy (non-hydrogen) atoms. The number of phosphoric acid groups is 1. The molecule has 1 N–H and O–H groups in total. The van der Waals surface area contributed by atoms with E-state index in [0.717, 1.165) is 89.9 Å². The number of phosphoric ester groups is 1. The molecule has 9 nitrogen and oxygen atoms in total. The van der Waals surface area contributed by atoms with Crippen LogP contribution in [-0.4, -0.2) is 74.9 Å². The summed E-state index contributed by atoms with van der Waals surface area (Å²) in [4.78, 5) is 35.5. The Morgan fingerprint density at radius 2 is 0.794 bits per heavy atom. The Hall–Kier alpha value is -3.07. The molecule has 0 aliphatic carbocycles. The van der Waals surface area contributed by atoms with Crippen LogP contribution >= 0.6 is 7.82 Å². The van der Waals surface area contributed by atoms with Crippen LogP contribution < -0.4 is 0 Å². The third kappa shape index (κ3) is 52.3. The summed E-state index contributed by atoms with van der Waals surface area (Å²) in [6, 6.07) is 0. The Morgan fingerprint density at radius 1 is 0.456 bits per heavy atom. The second-order valence-corrected chi connectivity index (χ2v) is 20.3. The zero-order valence-electron chi connectivity index (χ0n) is 44.1. The predicted molar refractivity (Wildman–Crippen MR) is 288 cm³/mol. The fourth-order valence-corrected chi connectivity index (χ4v) is 7.74. The molecule has 0 amide bonds. The van der Waals surface area contributed by atoms with E-state index < -0.39 is 32.5 Å². The van der Waals surface area contributed by atoms with Gasteiger partial charge in [0.2, 0.25) is 0 Å². The monoisotopic (exact) mass is 971 g/mol. The zero-order valence-corrected chi connectivity index (χ0v) is 45.0. The van der Waals surface area contributed by atoms with Gasteiger partial charge in [-0.15, -0.1) is 0 Å². The lowest BCUT2D eigenvalue weighted by Gasteiger charge is -2.24. The van der Waals surface area contributed by atoms with E-state index in [0.29, 0.717) is 23.9 Å². The Kier molecular flexibility index (Phi) is 46.7. The van der Waals surface area contributed by atoms with Gasteiger partial charge in [0.15, 0.2) is 6.10 Å². The lowest BCUT2D eigenvalue weighted by atomic mass is 10.0. The number of unbranched alkanes of at least 4 members (excludes halogenated alkanes) is 18. The van der Waals surface area contributed by atoms with Gasteiger partial charge in [0.1, 0.15) is 19.8 Å². The quantitative estimate of drug-likeness (QED) is 0.0211. The first-order valence-electron chi connectivity index (χ1n) is 27.0. The Morgan fingerprint density at radius 3 is 1.19 bits per heavy atom. The summed E-state index contributed by atoms with van der Waals surface area (Å²) in [5, 5.41) is 0. The van der Waals surface area contributed by atoms with Gasteiger partial charge in [-0.3, -0.25) is 18.6 Å². The van der Waals surface area contributed by atoms with E-state index in [4.69, 9.17) is 18.5 Å². The number of carbonyl (C=O) groups excluding carboxylic acids is 2. The molecule has 0 heterocycles. The SMILES string of the molecule is CC/C=C\C/C=C\C/C=C\C/C=C\C/C=C\CCCCCCCCCCCCCCCCCC(=O)OC(COC(=O)CCCCC/C=C\C/C=C\C/C=C\CC)COP(=O)(O)OCC[N+](C)(C)C. The zero-order chi connectivity index (χ0) is 49.9. The fourth-order valence-electron chi connectivity index (χ4n) is 7.00. The lowest BCUT2D eigenvalue weighted by molar-refractivity contribution is -0.870. The molecule has 0 saturated carbocycles. The molecule has 0 bridgehead atoms. The minimum absolute atomic E-state index is 0.0230. The molecule has 0 radical (unpaired) electrons. The van der Waals surface area contributed by atoms with Crippen LogP contribution in [0, 0.1) is 0 Å². The number of rotatable bonds is 48. The third-order valence-electron chi connectivity index (χ3n) is 11.1. The number of carbonyl (C=O) groups is 2. The maximum atomic E-state index is 12.8. The maximum Gasteiger partial charge on any atom is 0.472 e. The largest absolute Gasteiger partial charge is 0.472 e. The minimum atomic E-state index is -4.39. The molecular weight excluding hydrogens is 870 g/mol. The first-order chi connectivity index (χ1) is 33.0. The molecule has 0 saturated heterocycles. The number of nitrogens with zero attached hydrogens (tertiary/aromatic N) is 1. The molecule has 0 spiro atoms. The van der Waals surface area contributed by atoms with Gasteiger partial charge in [0.05, 0.1) is 27.7 Å². The summed E-state index contributed by atoms with van der Waals surface area (Å²) in [6.07, 6.45) is 66.3. The Balaban J connectivity index is 4.12. The van der Waals surface area contributed by atoms with Crippen LogP contribution in [0.3, 0.4) is 0 Å². The van der Waals surface area contributed by atoms with Crippen molar-refractivity contribution in [3.63, 3.8) is 0 Å². The van der Waals surface area contributed by atoms with Crippen molar-refractivity contribution >= 4 is 19.8 Å². The minimum Gasteiger partial charge on any atom is -0.462 e. The topological polar surface area (TPSA) is 108 Å². The van der Waals surface area contributed by atoms with Gasteiger partial charge in [0.25, 0.3) is 0 Å². The van der Waals surface area contributed by atoms with Crippen LogP contribution in [-0.2, 0) is 32.7 Å². The highest BCUT2D eigenvalue weighted by molar-refractivity contribution is 7.47. The van der Waals surface area contributed by atoms with E-state index in [-0.39, 0.29) is 26.1 Å². The van der Waals surface area contributed by atoms with Gasteiger partial charge < -0.3 is 18.9 Å². The summed E-state index contributed by atoms with van der Waals surface area (Å²) in [6.45, 7) is 4.16. The van der Waals surface area contributed by atoms with E-state index in [2.05, 4.69) is 111 Å². The van der Waals surface area contributed by atoms with Crippen LogP contribution in [0.25, 0.3) is 0 Å².